The van der Waals surface area contributed by atoms with Gasteiger partial charge in [0.1, 0.15) is 10.7 Å². The third kappa shape index (κ3) is 8.62. The van der Waals surface area contributed by atoms with E-state index < -0.39 is 23.0 Å². The van der Waals surface area contributed by atoms with E-state index in [1.165, 1.54) is 23.1 Å². The minimum absolute atomic E-state index is 0.0954. The van der Waals surface area contributed by atoms with Crippen LogP contribution in [0.5, 0.6) is 0 Å². The standard InChI is InChI=1S/C38H39N3O5S2/c1-4-31(36(44)41-37-33(38(45)46-5-2)29-20-11-12-21-32(29)48-37)47-28-19-13-18-27(23-28)39-35(43)30(22-26-17-10-9-14-24(26)3)40-34(42)25-15-7-6-8-16-25/h6-10,13-19,22-23,31H,4-5,11-12,20-21H2,1-3H3,(H,39,43)(H,40,42)(H,41,44)/b30-22-. The van der Waals surface area contributed by atoms with Crippen LogP contribution in [0.2, 0.25) is 0 Å². The van der Waals surface area contributed by atoms with Gasteiger partial charge >= 0.3 is 5.97 Å². The molecule has 10 heteroatoms. The number of carbonyl (C=O) groups excluding carboxylic acids is 4. The smallest absolute Gasteiger partial charge is 0.341 e. The maximum Gasteiger partial charge on any atom is 0.341 e. The summed E-state index contributed by atoms with van der Waals surface area (Å²) in [5, 5.41) is 8.83. The van der Waals surface area contributed by atoms with Crippen LogP contribution < -0.4 is 16.0 Å². The van der Waals surface area contributed by atoms with Crippen LogP contribution in [0.4, 0.5) is 10.7 Å². The number of hydrogen-bond donors (Lipinski definition) is 3. The molecule has 0 bridgehead atoms. The van der Waals surface area contributed by atoms with E-state index in [4.69, 9.17) is 4.74 Å². The average molecular weight is 682 g/mol. The lowest BCUT2D eigenvalue weighted by molar-refractivity contribution is -0.116. The Morgan fingerprint density at radius 2 is 1.67 bits per heavy atom. The van der Waals surface area contributed by atoms with E-state index in [1.807, 2.05) is 56.3 Å². The summed E-state index contributed by atoms with van der Waals surface area (Å²) in [6.07, 6.45) is 5.97. The van der Waals surface area contributed by atoms with Crippen molar-refractivity contribution in [2.24, 2.45) is 0 Å². The van der Waals surface area contributed by atoms with Gasteiger partial charge in [-0.3, -0.25) is 14.4 Å². The van der Waals surface area contributed by atoms with Crippen LogP contribution in [0.1, 0.15) is 75.4 Å². The minimum Gasteiger partial charge on any atom is -0.462 e. The van der Waals surface area contributed by atoms with Gasteiger partial charge in [0, 0.05) is 21.0 Å². The number of hydrogen-bond acceptors (Lipinski definition) is 7. The van der Waals surface area contributed by atoms with Gasteiger partial charge in [-0.25, -0.2) is 4.79 Å². The summed E-state index contributed by atoms with van der Waals surface area (Å²) in [7, 11) is 0. The second kappa shape index (κ2) is 16.4. The Morgan fingerprint density at radius 1 is 0.917 bits per heavy atom. The van der Waals surface area contributed by atoms with Gasteiger partial charge in [-0.1, -0.05) is 55.5 Å². The van der Waals surface area contributed by atoms with E-state index in [2.05, 4.69) is 16.0 Å². The van der Waals surface area contributed by atoms with Gasteiger partial charge in [-0.05, 0) is 99.0 Å². The number of nitrogens with one attached hydrogen (secondary N) is 3. The molecule has 1 heterocycles. The number of anilines is 2. The number of ether oxygens (including phenoxy) is 1. The maximum atomic E-state index is 13.6. The highest BCUT2D eigenvalue weighted by Gasteiger charge is 2.29. The van der Waals surface area contributed by atoms with E-state index in [0.29, 0.717) is 28.2 Å². The molecule has 1 unspecified atom stereocenters. The number of esters is 1. The molecule has 3 amide bonds. The number of carbonyl (C=O) groups is 4. The van der Waals surface area contributed by atoms with Crippen molar-refractivity contribution in [1.29, 1.82) is 0 Å². The summed E-state index contributed by atoms with van der Waals surface area (Å²) in [6, 6.07) is 23.6. The van der Waals surface area contributed by atoms with Crippen molar-refractivity contribution in [3.63, 3.8) is 0 Å². The number of aryl methyl sites for hydroxylation is 2. The summed E-state index contributed by atoms with van der Waals surface area (Å²) in [4.78, 5) is 55.0. The topological polar surface area (TPSA) is 114 Å². The molecule has 3 aromatic carbocycles. The summed E-state index contributed by atoms with van der Waals surface area (Å²) < 4.78 is 5.35. The Bertz CT molecular complexity index is 1830. The summed E-state index contributed by atoms with van der Waals surface area (Å²) in [6.45, 7) is 5.91. The second-order valence-corrected chi connectivity index (χ2v) is 13.7. The predicted molar refractivity (Wildman–Crippen MR) is 194 cm³/mol. The highest BCUT2D eigenvalue weighted by Crippen LogP contribution is 2.39. The lowest BCUT2D eigenvalue weighted by atomic mass is 9.95. The average Bonchev–Trinajstić information content (AvgIpc) is 3.46. The molecule has 8 nitrogen and oxygen atoms in total. The maximum absolute atomic E-state index is 13.6. The molecular formula is C38H39N3O5S2. The minimum atomic E-state index is -0.484. The zero-order valence-corrected chi connectivity index (χ0v) is 28.9. The van der Waals surface area contributed by atoms with E-state index in [9.17, 15) is 19.2 Å². The quantitative estimate of drug-likeness (QED) is 0.0793. The molecule has 5 rings (SSSR count). The third-order valence-electron chi connectivity index (χ3n) is 7.94. The molecule has 0 radical (unpaired) electrons. The first-order valence-corrected chi connectivity index (χ1v) is 17.8. The number of thiophene rings is 1. The van der Waals surface area contributed by atoms with Gasteiger partial charge in [-0.2, -0.15) is 0 Å². The Hall–Kier alpha value is -4.67. The molecule has 0 saturated heterocycles. The van der Waals surface area contributed by atoms with Crippen LogP contribution >= 0.6 is 23.1 Å². The molecule has 0 saturated carbocycles. The molecule has 48 heavy (non-hydrogen) atoms. The zero-order valence-electron chi connectivity index (χ0n) is 27.3. The summed E-state index contributed by atoms with van der Waals surface area (Å²) in [5.41, 5.74) is 4.29. The van der Waals surface area contributed by atoms with Crippen molar-refractivity contribution >= 4 is 63.6 Å². The summed E-state index contributed by atoms with van der Waals surface area (Å²) in [5.74, 6) is -1.48. The molecule has 1 aromatic heterocycles. The van der Waals surface area contributed by atoms with E-state index in [0.717, 1.165) is 52.1 Å². The van der Waals surface area contributed by atoms with Crippen LogP contribution in [-0.2, 0) is 27.2 Å². The fourth-order valence-electron chi connectivity index (χ4n) is 5.44. The van der Waals surface area contributed by atoms with Crippen molar-refractivity contribution in [2.45, 2.75) is 63.0 Å². The van der Waals surface area contributed by atoms with Crippen molar-refractivity contribution in [3.05, 3.63) is 117 Å². The molecule has 3 N–H and O–H groups in total. The van der Waals surface area contributed by atoms with Gasteiger partial charge in [0.25, 0.3) is 11.8 Å². The molecule has 4 aromatic rings. The molecular weight excluding hydrogens is 643 g/mol. The van der Waals surface area contributed by atoms with Gasteiger partial charge in [0.05, 0.1) is 17.4 Å². The fraction of sp³-hybridized carbons (Fsp3) is 0.263. The fourth-order valence-corrected chi connectivity index (χ4v) is 7.74. The van der Waals surface area contributed by atoms with Crippen molar-refractivity contribution < 1.29 is 23.9 Å². The number of amides is 3. The van der Waals surface area contributed by atoms with Crippen LogP contribution in [0, 0.1) is 6.92 Å². The second-order valence-electron chi connectivity index (χ2n) is 11.4. The first-order chi connectivity index (χ1) is 23.3. The highest BCUT2D eigenvalue weighted by molar-refractivity contribution is 8.00. The van der Waals surface area contributed by atoms with Crippen molar-refractivity contribution in [3.8, 4) is 0 Å². The largest absolute Gasteiger partial charge is 0.462 e. The first kappa shape index (κ1) is 34.7. The normalized spacial score (nSPS) is 13.2. The lowest BCUT2D eigenvalue weighted by Gasteiger charge is -2.16. The molecule has 0 spiro atoms. The Labute approximate surface area is 289 Å². The molecule has 1 aliphatic carbocycles. The van der Waals surface area contributed by atoms with Crippen molar-refractivity contribution in [1.82, 2.24) is 5.32 Å². The predicted octanol–water partition coefficient (Wildman–Crippen LogP) is 8.03. The zero-order chi connectivity index (χ0) is 34.0. The highest BCUT2D eigenvalue weighted by atomic mass is 32.2. The van der Waals surface area contributed by atoms with Crippen LogP contribution in [0.3, 0.4) is 0 Å². The third-order valence-corrected chi connectivity index (χ3v) is 10.5. The molecule has 0 aliphatic heterocycles. The molecule has 1 atom stereocenters. The SMILES string of the molecule is CCOC(=O)c1c(NC(=O)C(CC)Sc2cccc(NC(=O)/C(=C/c3ccccc3C)NC(=O)c3ccccc3)c2)sc2c1CCCC2. The van der Waals surface area contributed by atoms with Gasteiger partial charge < -0.3 is 20.7 Å². The van der Waals surface area contributed by atoms with Crippen molar-refractivity contribution in [2.75, 3.05) is 17.2 Å². The first-order valence-electron chi connectivity index (χ1n) is 16.1. The van der Waals surface area contributed by atoms with Gasteiger partial charge in [0.2, 0.25) is 5.91 Å². The Balaban J connectivity index is 1.32. The number of fused-ring (bicyclic) bond motifs is 1. The van der Waals surface area contributed by atoms with E-state index >= 15 is 0 Å². The van der Waals surface area contributed by atoms with Crippen LogP contribution in [-0.4, -0.2) is 35.5 Å². The Kier molecular flexibility index (Phi) is 11.9. The number of rotatable bonds is 12. The van der Waals surface area contributed by atoms with E-state index in [1.54, 1.807) is 49.4 Å². The van der Waals surface area contributed by atoms with Crippen LogP contribution in [0.15, 0.2) is 89.5 Å². The van der Waals surface area contributed by atoms with Crippen LogP contribution in [0.25, 0.3) is 6.08 Å². The molecule has 248 valence electrons. The van der Waals surface area contributed by atoms with Gasteiger partial charge in [0.15, 0.2) is 0 Å². The molecule has 0 fully saturated rings. The van der Waals surface area contributed by atoms with Gasteiger partial charge in [-0.15, -0.1) is 23.1 Å². The Morgan fingerprint density at radius 3 is 2.42 bits per heavy atom. The number of benzene rings is 3. The molecule has 1 aliphatic rings. The monoisotopic (exact) mass is 681 g/mol. The lowest BCUT2D eigenvalue weighted by Crippen LogP contribution is -2.30. The van der Waals surface area contributed by atoms with E-state index in [-0.39, 0.29) is 18.2 Å². The summed E-state index contributed by atoms with van der Waals surface area (Å²) >= 11 is 2.85. The number of thioether (sulfide) groups is 1.